The number of carbonyl (C=O) groups is 2. The van der Waals surface area contributed by atoms with E-state index >= 15 is 0 Å². The van der Waals surface area contributed by atoms with E-state index in [1.165, 1.54) is 43.7 Å². The van der Waals surface area contributed by atoms with Crippen LogP contribution >= 0.6 is 0 Å². The van der Waals surface area contributed by atoms with Crippen LogP contribution in [0.2, 0.25) is 0 Å². The molecule has 5 rings (SSSR count). The van der Waals surface area contributed by atoms with Crippen LogP contribution in [0, 0.1) is 10.1 Å². The van der Waals surface area contributed by atoms with E-state index in [0.717, 1.165) is 22.0 Å². The number of fused-ring (bicyclic) bond motifs is 1. The minimum Gasteiger partial charge on any atom is -0.494 e. The second-order valence-electron chi connectivity index (χ2n) is 9.18. The first-order valence-corrected chi connectivity index (χ1v) is 13.2. The second-order valence-corrected chi connectivity index (χ2v) is 9.18. The summed E-state index contributed by atoms with van der Waals surface area (Å²) < 4.78 is 16.5. The molecule has 11 heteroatoms. The number of nitrogens with zero attached hydrogens (tertiary/aromatic N) is 2. The SMILES string of the molecule is CCOc1ccc2[nH]c(C(=O)NN=Cc3ccc(OC(=O)c4ccc([N+](=O)[O-])cc4)c(OC)c3)c(-c3ccccc3)c2c1. The Balaban J connectivity index is 1.33. The molecule has 1 amide bonds. The number of H-pyrrole nitrogens is 1. The Morgan fingerprint density at radius 1 is 0.977 bits per heavy atom. The Labute approximate surface area is 245 Å². The van der Waals surface area contributed by atoms with E-state index in [4.69, 9.17) is 14.2 Å². The molecule has 0 atom stereocenters. The molecule has 4 aromatic carbocycles. The van der Waals surface area contributed by atoms with Crippen molar-refractivity contribution >= 4 is 34.7 Å². The predicted octanol–water partition coefficient (Wildman–Crippen LogP) is 6.13. The van der Waals surface area contributed by atoms with Gasteiger partial charge in [0.1, 0.15) is 11.4 Å². The van der Waals surface area contributed by atoms with Crippen LogP contribution in [0.1, 0.15) is 33.3 Å². The summed E-state index contributed by atoms with van der Waals surface area (Å²) in [6.07, 6.45) is 1.43. The van der Waals surface area contributed by atoms with Crippen molar-refractivity contribution in [1.29, 1.82) is 0 Å². The van der Waals surface area contributed by atoms with Crippen molar-refractivity contribution in [2.45, 2.75) is 6.92 Å². The maximum absolute atomic E-state index is 13.3. The van der Waals surface area contributed by atoms with E-state index in [9.17, 15) is 19.7 Å². The third kappa shape index (κ3) is 6.35. The molecular formula is C32H26N4O7. The first kappa shape index (κ1) is 28.6. The largest absolute Gasteiger partial charge is 0.494 e. The highest BCUT2D eigenvalue weighted by Gasteiger charge is 2.20. The number of amides is 1. The van der Waals surface area contributed by atoms with Gasteiger partial charge < -0.3 is 19.2 Å². The van der Waals surface area contributed by atoms with Crippen LogP contribution in [0.4, 0.5) is 5.69 Å². The minimum atomic E-state index is -0.706. The van der Waals surface area contributed by atoms with Crippen molar-refractivity contribution < 1.29 is 28.7 Å². The van der Waals surface area contributed by atoms with Gasteiger partial charge >= 0.3 is 5.97 Å². The van der Waals surface area contributed by atoms with Gasteiger partial charge in [0.05, 0.1) is 30.4 Å². The van der Waals surface area contributed by atoms with Gasteiger partial charge in [-0.2, -0.15) is 5.10 Å². The van der Waals surface area contributed by atoms with E-state index in [2.05, 4.69) is 15.5 Å². The van der Waals surface area contributed by atoms with Crippen molar-refractivity contribution in [2.75, 3.05) is 13.7 Å². The molecule has 2 N–H and O–H groups in total. The molecule has 0 radical (unpaired) electrons. The number of nitrogens with one attached hydrogen (secondary N) is 2. The normalized spacial score (nSPS) is 10.9. The number of aromatic amines is 1. The number of hydrogen-bond acceptors (Lipinski definition) is 8. The average Bonchev–Trinajstić information content (AvgIpc) is 3.41. The van der Waals surface area contributed by atoms with Crippen LogP contribution in [-0.2, 0) is 0 Å². The molecule has 11 nitrogen and oxygen atoms in total. The number of hydrazone groups is 1. The Hall–Kier alpha value is -5.97. The zero-order chi connectivity index (χ0) is 30.3. The van der Waals surface area contributed by atoms with E-state index in [1.807, 2.05) is 55.5 Å². The molecule has 1 aromatic heterocycles. The number of benzene rings is 4. The molecule has 0 aliphatic carbocycles. The van der Waals surface area contributed by atoms with Crippen molar-refractivity contribution in [3.05, 3.63) is 118 Å². The zero-order valence-corrected chi connectivity index (χ0v) is 23.2. The number of ether oxygens (including phenoxy) is 3. The molecule has 1 heterocycles. The number of nitro benzene ring substituents is 1. The van der Waals surface area contributed by atoms with E-state index in [1.54, 1.807) is 12.1 Å². The highest BCUT2D eigenvalue weighted by Crippen LogP contribution is 2.35. The number of methoxy groups -OCH3 is 1. The average molecular weight is 579 g/mol. The molecule has 0 spiro atoms. The fourth-order valence-electron chi connectivity index (χ4n) is 4.45. The van der Waals surface area contributed by atoms with Gasteiger partial charge in [-0.25, -0.2) is 10.2 Å². The lowest BCUT2D eigenvalue weighted by molar-refractivity contribution is -0.384. The number of carbonyl (C=O) groups excluding carboxylic acids is 2. The van der Waals surface area contributed by atoms with Crippen LogP contribution in [0.25, 0.3) is 22.0 Å². The van der Waals surface area contributed by atoms with Crippen LogP contribution < -0.4 is 19.6 Å². The third-order valence-corrected chi connectivity index (χ3v) is 6.45. The lowest BCUT2D eigenvalue weighted by Crippen LogP contribution is -2.18. The molecule has 216 valence electrons. The molecule has 0 bridgehead atoms. The van der Waals surface area contributed by atoms with Crippen LogP contribution in [-0.4, -0.2) is 41.7 Å². The van der Waals surface area contributed by atoms with Crippen molar-refractivity contribution in [3.8, 4) is 28.4 Å². The lowest BCUT2D eigenvalue weighted by atomic mass is 10.0. The molecule has 0 aliphatic rings. The van der Waals surface area contributed by atoms with Gasteiger partial charge in [0, 0.05) is 28.6 Å². The molecular weight excluding hydrogens is 552 g/mol. The highest BCUT2D eigenvalue weighted by molar-refractivity contribution is 6.10. The van der Waals surface area contributed by atoms with E-state index in [-0.39, 0.29) is 22.7 Å². The number of nitro groups is 1. The van der Waals surface area contributed by atoms with Crippen molar-refractivity contribution in [2.24, 2.45) is 5.10 Å². The fourth-order valence-corrected chi connectivity index (χ4v) is 4.45. The molecule has 0 saturated carbocycles. The number of rotatable bonds is 10. The Morgan fingerprint density at radius 2 is 1.74 bits per heavy atom. The van der Waals surface area contributed by atoms with Gasteiger partial charge in [-0.3, -0.25) is 14.9 Å². The first-order chi connectivity index (χ1) is 20.9. The maximum Gasteiger partial charge on any atom is 0.343 e. The Morgan fingerprint density at radius 3 is 2.44 bits per heavy atom. The summed E-state index contributed by atoms with van der Waals surface area (Å²) in [6.45, 7) is 2.43. The lowest BCUT2D eigenvalue weighted by Gasteiger charge is -2.10. The van der Waals surface area contributed by atoms with Crippen molar-refractivity contribution in [3.63, 3.8) is 0 Å². The molecule has 0 fully saturated rings. The fraction of sp³-hybridized carbons (Fsp3) is 0.0938. The summed E-state index contributed by atoms with van der Waals surface area (Å²) in [4.78, 5) is 39.3. The Kier molecular flexibility index (Phi) is 8.43. The molecule has 0 unspecified atom stereocenters. The number of hydrogen-bond donors (Lipinski definition) is 2. The number of esters is 1. The topological polar surface area (TPSA) is 145 Å². The number of aromatic nitrogens is 1. The number of non-ortho nitro benzene ring substituents is 1. The van der Waals surface area contributed by atoms with Gasteiger partial charge in [0.15, 0.2) is 11.5 Å². The summed E-state index contributed by atoms with van der Waals surface area (Å²) in [5.74, 6) is -0.0543. The summed E-state index contributed by atoms with van der Waals surface area (Å²) in [5, 5.41) is 15.8. The zero-order valence-electron chi connectivity index (χ0n) is 23.2. The first-order valence-electron chi connectivity index (χ1n) is 13.2. The van der Waals surface area contributed by atoms with Gasteiger partial charge in [0.25, 0.3) is 11.6 Å². The van der Waals surface area contributed by atoms with Gasteiger partial charge in [-0.15, -0.1) is 0 Å². The standard InChI is InChI=1S/C32H26N4O7/c1-3-42-24-14-15-26-25(18-24)29(21-7-5-4-6-8-21)30(34-26)31(37)35-33-19-20-9-16-27(28(17-20)41-2)43-32(38)22-10-12-23(13-11-22)36(39)40/h4-19,34H,3H2,1-2H3,(H,35,37). The highest BCUT2D eigenvalue weighted by atomic mass is 16.6. The van der Waals surface area contributed by atoms with Crippen LogP contribution in [0.15, 0.2) is 96.1 Å². The molecule has 0 saturated heterocycles. The second kappa shape index (κ2) is 12.7. The molecule has 5 aromatic rings. The summed E-state index contributed by atoms with van der Waals surface area (Å²) in [6, 6.07) is 25.0. The monoisotopic (exact) mass is 578 g/mol. The van der Waals surface area contributed by atoms with Gasteiger partial charge in [0.2, 0.25) is 0 Å². The molecule has 43 heavy (non-hydrogen) atoms. The quantitative estimate of drug-likeness (QED) is 0.0666. The summed E-state index contributed by atoms with van der Waals surface area (Å²) in [5.41, 5.74) is 5.85. The Bertz CT molecular complexity index is 1830. The minimum absolute atomic E-state index is 0.138. The van der Waals surface area contributed by atoms with Gasteiger partial charge in [-0.05, 0) is 66.6 Å². The summed E-state index contributed by atoms with van der Waals surface area (Å²) in [7, 11) is 1.42. The van der Waals surface area contributed by atoms with Crippen LogP contribution in [0.5, 0.6) is 17.2 Å². The third-order valence-electron chi connectivity index (χ3n) is 6.45. The smallest absolute Gasteiger partial charge is 0.343 e. The molecule has 0 aliphatic heterocycles. The summed E-state index contributed by atoms with van der Waals surface area (Å²) >= 11 is 0. The van der Waals surface area contributed by atoms with Gasteiger partial charge in [-0.1, -0.05) is 30.3 Å². The maximum atomic E-state index is 13.3. The van der Waals surface area contributed by atoms with E-state index in [0.29, 0.717) is 23.6 Å². The van der Waals surface area contributed by atoms with E-state index < -0.39 is 16.8 Å². The van der Waals surface area contributed by atoms with Crippen molar-refractivity contribution in [1.82, 2.24) is 10.4 Å². The van der Waals surface area contributed by atoms with Crippen LogP contribution in [0.3, 0.4) is 0 Å². The predicted molar refractivity (Wildman–Crippen MR) is 161 cm³/mol.